The Morgan fingerprint density at radius 1 is 0.848 bits per heavy atom. The number of hydrogen-bond donors (Lipinski definition) is 0. The maximum Gasteiger partial charge on any atom is 0.203 e. The number of fused-ring (bicyclic) bond motifs is 2. The van der Waals surface area contributed by atoms with Crippen LogP contribution in [0.15, 0.2) is 59.0 Å². The molecule has 4 rings (SSSR count). The Labute approximate surface area is 197 Å². The van der Waals surface area contributed by atoms with Crippen molar-refractivity contribution in [2.75, 3.05) is 38.2 Å². The maximum atomic E-state index is 6.57. The average Bonchev–Trinajstić information content (AvgIpc) is 2.84. The van der Waals surface area contributed by atoms with Crippen LogP contribution >= 0.6 is 0 Å². The molecule has 0 spiro atoms. The van der Waals surface area contributed by atoms with Crippen molar-refractivity contribution in [1.29, 1.82) is 0 Å². The Morgan fingerprint density at radius 3 is 2.24 bits per heavy atom. The van der Waals surface area contributed by atoms with Crippen molar-refractivity contribution in [3.05, 3.63) is 65.5 Å². The fourth-order valence-electron chi connectivity index (χ4n) is 4.73. The summed E-state index contributed by atoms with van der Waals surface area (Å²) in [6.45, 7) is 14.7. The van der Waals surface area contributed by atoms with Crippen LogP contribution in [0.1, 0.15) is 33.3 Å². The van der Waals surface area contributed by atoms with Crippen molar-refractivity contribution < 1.29 is 9.15 Å². The van der Waals surface area contributed by atoms with Gasteiger partial charge in [-0.05, 0) is 64.4 Å². The first-order chi connectivity index (χ1) is 16.0. The largest absolute Gasteiger partial charge is 0.496 e. The quantitative estimate of drug-likeness (QED) is 0.252. The lowest BCUT2D eigenvalue weighted by molar-refractivity contribution is 0.416. The molecular formula is C29H35N2O2+. The Balaban J connectivity index is 2.12. The fraction of sp³-hybridized carbons (Fsp3) is 0.345. The van der Waals surface area contributed by atoms with E-state index in [0.29, 0.717) is 0 Å². The molecule has 1 aliphatic carbocycles. The summed E-state index contributed by atoms with van der Waals surface area (Å²) in [5, 5.41) is 2.27. The lowest BCUT2D eigenvalue weighted by atomic mass is 9.92. The highest BCUT2D eigenvalue weighted by Crippen LogP contribution is 2.44. The molecule has 0 N–H and O–H groups in total. The van der Waals surface area contributed by atoms with Crippen LogP contribution in [0.25, 0.3) is 33.4 Å². The molecule has 2 aliphatic rings. The van der Waals surface area contributed by atoms with Crippen LogP contribution in [0, 0.1) is 6.92 Å². The number of nitrogens with zero attached hydrogens (tertiary/aromatic N) is 2. The molecule has 0 radical (unpaired) electrons. The zero-order chi connectivity index (χ0) is 23.5. The second-order valence-electron chi connectivity index (χ2n) is 8.39. The van der Waals surface area contributed by atoms with Gasteiger partial charge >= 0.3 is 0 Å². The summed E-state index contributed by atoms with van der Waals surface area (Å²) in [5.74, 6) is 1.77. The van der Waals surface area contributed by atoms with Gasteiger partial charge in [0.25, 0.3) is 0 Å². The molecule has 0 amide bonds. The summed E-state index contributed by atoms with van der Waals surface area (Å²) in [4.78, 5) is 2.34. The molecule has 33 heavy (non-hydrogen) atoms. The molecule has 4 nitrogen and oxygen atoms in total. The van der Waals surface area contributed by atoms with Gasteiger partial charge in [0, 0.05) is 53.0 Å². The van der Waals surface area contributed by atoms with Gasteiger partial charge in [-0.3, -0.25) is 0 Å². The van der Waals surface area contributed by atoms with Crippen LogP contribution in [0.2, 0.25) is 0 Å². The average molecular weight is 444 g/mol. The Morgan fingerprint density at radius 2 is 1.58 bits per heavy atom. The summed E-state index contributed by atoms with van der Waals surface area (Å²) in [6.07, 6.45) is 0. The first-order valence-electron chi connectivity index (χ1n) is 12.0. The highest BCUT2D eigenvalue weighted by Gasteiger charge is 2.21. The highest BCUT2D eigenvalue weighted by molar-refractivity contribution is 6.03. The third-order valence-electron chi connectivity index (χ3n) is 6.57. The van der Waals surface area contributed by atoms with Crippen molar-refractivity contribution in [2.45, 2.75) is 34.6 Å². The molecular weight excluding hydrogens is 408 g/mol. The Kier molecular flexibility index (Phi) is 6.73. The van der Waals surface area contributed by atoms with E-state index in [1.807, 2.05) is 0 Å². The van der Waals surface area contributed by atoms with E-state index in [4.69, 9.17) is 9.15 Å². The normalized spacial score (nSPS) is 11.2. The van der Waals surface area contributed by atoms with Crippen LogP contribution in [0.4, 0.5) is 5.69 Å². The lowest BCUT2D eigenvalue weighted by Gasteiger charge is -2.22. The van der Waals surface area contributed by atoms with Crippen molar-refractivity contribution in [1.82, 2.24) is 4.58 Å². The third kappa shape index (κ3) is 4.22. The second kappa shape index (κ2) is 9.70. The van der Waals surface area contributed by atoms with E-state index in [1.165, 1.54) is 16.6 Å². The summed E-state index contributed by atoms with van der Waals surface area (Å²) in [6, 6.07) is 19.6. The van der Waals surface area contributed by atoms with Gasteiger partial charge in [-0.2, -0.15) is 0 Å². The number of anilines is 1. The molecule has 0 fully saturated rings. The van der Waals surface area contributed by atoms with E-state index < -0.39 is 0 Å². The zero-order valence-electron chi connectivity index (χ0n) is 20.7. The zero-order valence-corrected chi connectivity index (χ0v) is 20.7. The van der Waals surface area contributed by atoms with Gasteiger partial charge in [-0.25, -0.2) is 4.58 Å². The highest BCUT2D eigenvalue weighted by atomic mass is 16.5. The van der Waals surface area contributed by atoms with E-state index in [9.17, 15) is 0 Å². The molecule has 0 saturated carbocycles. The number of ether oxygens (including phenoxy) is 1. The van der Waals surface area contributed by atoms with Crippen LogP contribution in [-0.2, 0) is 0 Å². The fourth-order valence-corrected chi connectivity index (χ4v) is 4.73. The molecule has 0 aromatic heterocycles. The summed E-state index contributed by atoms with van der Waals surface area (Å²) in [7, 11) is 1.74. The topological polar surface area (TPSA) is 28.6 Å². The molecule has 172 valence electrons. The smallest absolute Gasteiger partial charge is 0.203 e. The van der Waals surface area contributed by atoms with Crippen molar-refractivity contribution in [2.24, 2.45) is 0 Å². The minimum atomic E-state index is 0.879. The van der Waals surface area contributed by atoms with Crippen LogP contribution in [0.3, 0.4) is 0 Å². The van der Waals surface area contributed by atoms with E-state index >= 15 is 0 Å². The molecule has 0 bridgehead atoms. The summed E-state index contributed by atoms with van der Waals surface area (Å²) < 4.78 is 14.7. The number of benzene rings is 3. The van der Waals surface area contributed by atoms with Crippen molar-refractivity contribution in [3.8, 4) is 28.2 Å². The van der Waals surface area contributed by atoms with E-state index in [-0.39, 0.29) is 0 Å². The van der Waals surface area contributed by atoms with Gasteiger partial charge in [-0.15, -0.1) is 0 Å². The van der Waals surface area contributed by atoms with Gasteiger partial charge in [0.05, 0.1) is 13.2 Å². The summed E-state index contributed by atoms with van der Waals surface area (Å²) in [5.41, 5.74) is 6.58. The molecule has 1 aliphatic heterocycles. The van der Waals surface area contributed by atoms with Gasteiger partial charge in [0.1, 0.15) is 30.2 Å². The molecule has 1 heterocycles. The lowest BCUT2D eigenvalue weighted by Crippen LogP contribution is -2.29. The SMILES string of the molecule is CCN(CC)c1ccc2c(-c3ccc(C)cc3OC)c3ccc(=[N+](CC)CC)cc-3oc2c1. The third-order valence-corrected chi connectivity index (χ3v) is 6.57. The van der Waals surface area contributed by atoms with Gasteiger partial charge in [0.15, 0.2) is 0 Å². The minimum Gasteiger partial charge on any atom is -0.496 e. The van der Waals surface area contributed by atoms with E-state index in [1.54, 1.807) is 7.11 Å². The van der Waals surface area contributed by atoms with E-state index in [0.717, 1.165) is 65.3 Å². The Hall–Kier alpha value is -3.27. The number of hydrogen-bond acceptors (Lipinski definition) is 3. The predicted octanol–water partition coefficient (Wildman–Crippen LogP) is 6.18. The van der Waals surface area contributed by atoms with Crippen molar-refractivity contribution >= 4 is 16.7 Å². The molecule has 0 atom stereocenters. The minimum absolute atomic E-state index is 0.879. The monoisotopic (exact) mass is 443 g/mol. The second-order valence-corrected chi connectivity index (χ2v) is 8.39. The van der Waals surface area contributed by atoms with Crippen LogP contribution in [-0.4, -0.2) is 33.3 Å². The number of methoxy groups -OCH3 is 1. The molecule has 4 heteroatoms. The maximum absolute atomic E-state index is 6.57. The molecule has 0 saturated heterocycles. The Bertz CT molecular complexity index is 1310. The van der Waals surface area contributed by atoms with Gasteiger partial charge in [0.2, 0.25) is 5.36 Å². The predicted molar refractivity (Wildman–Crippen MR) is 139 cm³/mol. The standard InChI is InChI=1S/C29H35N2O2/c1-7-30(8-2)21-12-15-24-27(18-21)33-28-19-22(31(9-3)10-4)13-16-25(28)29(24)23-14-11-20(5)17-26(23)32-6/h11-19H,7-10H2,1-6H3/q+1. The number of rotatable bonds is 7. The van der Waals surface area contributed by atoms with Crippen LogP contribution < -0.4 is 19.6 Å². The van der Waals surface area contributed by atoms with Crippen LogP contribution in [0.5, 0.6) is 5.75 Å². The molecule has 2 aromatic rings. The summed E-state index contributed by atoms with van der Waals surface area (Å²) >= 11 is 0. The first kappa shape index (κ1) is 22.9. The molecule has 0 unspecified atom stereocenters. The van der Waals surface area contributed by atoms with Gasteiger partial charge < -0.3 is 14.1 Å². The molecule has 2 aromatic carbocycles. The van der Waals surface area contributed by atoms with Gasteiger partial charge in [-0.1, -0.05) is 12.1 Å². The first-order valence-corrected chi connectivity index (χ1v) is 12.0. The number of aryl methyl sites for hydroxylation is 1. The van der Waals surface area contributed by atoms with E-state index in [2.05, 4.69) is 98.7 Å². The van der Waals surface area contributed by atoms with Crippen molar-refractivity contribution in [3.63, 3.8) is 0 Å².